The zero-order valence-corrected chi connectivity index (χ0v) is 20.4. The summed E-state index contributed by atoms with van der Waals surface area (Å²) in [6.07, 6.45) is 6.44. The van der Waals surface area contributed by atoms with Crippen LogP contribution in [-0.4, -0.2) is 50.6 Å². The number of rotatable bonds is 10. The first-order valence-corrected chi connectivity index (χ1v) is 11.5. The van der Waals surface area contributed by atoms with E-state index in [2.05, 4.69) is 9.97 Å². The van der Waals surface area contributed by atoms with Crippen molar-refractivity contribution in [1.82, 2.24) is 37.4 Å². The number of nitrogens with zero attached hydrogens (tertiary/aromatic N) is 8. The van der Waals surface area contributed by atoms with E-state index < -0.39 is 11.4 Å². The number of ether oxygens (including phenoxy) is 1. The number of hydrogen-bond acceptors (Lipinski definition) is 7. The second kappa shape index (κ2) is 9.86. The van der Waals surface area contributed by atoms with Gasteiger partial charge in [0.1, 0.15) is 0 Å². The van der Waals surface area contributed by atoms with Crippen LogP contribution in [0.4, 0.5) is 0 Å². The lowest BCUT2D eigenvalue weighted by atomic mass is 10.3. The fraction of sp³-hybridized carbons (Fsp3) is 0.545. The van der Waals surface area contributed by atoms with Crippen LogP contribution >= 0.6 is 0 Å². The van der Waals surface area contributed by atoms with Crippen molar-refractivity contribution < 1.29 is 4.74 Å². The lowest BCUT2D eigenvalue weighted by Gasteiger charge is -2.08. The molecular weight excluding hydrogens is 456 g/mol. The summed E-state index contributed by atoms with van der Waals surface area (Å²) >= 11 is 0. The Bertz CT molecular complexity index is 1490. The number of hydrogen-bond donors (Lipinski definition) is 0. The van der Waals surface area contributed by atoms with E-state index in [0.717, 1.165) is 34.8 Å². The molecule has 13 nitrogen and oxygen atoms in total. The minimum absolute atomic E-state index is 0.345. The molecule has 0 saturated heterocycles. The van der Waals surface area contributed by atoms with Gasteiger partial charge in [-0.3, -0.25) is 27.9 Å². The fourth-order valence-corrected chi connectivity index (χ4v) is 4.21. The quantitative estimate of drug-likeness (QED) is 0.275. The van der Waals surface area contributed by atoms with Gasteiger partial charge in [-0.15, -0.1) is 0 Å². The van der Waals surface area contributed by atoms with Crippen molar-refractivity contribution in [2.45, 2.75) is 38.8 Å². The lowest BCUT2D eigenvalue weighted by Crippen LogP contribution is -2.37. The van der Waals surface area contributed by atoms with Gasteiger partial charge in [0.05, 0.1) is 12.7 Å². The van der Waals surface area contributed by atoms with Gasteiger partial charge < -0.3 is 13.9 Å². The van der Waals surface area contributed by atoms with Crippen LogP contribution < -0.4 is 22.5 Å². The third-order valence-electron chi connectivity index (χ3n) is 6.31. The van der Waals surface area contributed by atoms with Crippen LogP contribution in [0.3, 0.4) is 0 Å². The summed E-state index contributed by atoms with van der Waals surface area (Å²) in [7, 11) is 6.14. The summed E-state index contributed by atoms with van der Waals surface area (Å²) < 4.78 is 14.2. The Labute approximate surface area is 199 Å². The molecule has 188 valence electrons. The molecule has 0 unspecified atom stereocenters. The van der Waals surface area contributed by atoms with Crippen LogP contribution in [0.25, 0.3) is 22.3 Å². The first-order valence-electron chi connectivity index (χ1n) is 11.5. The molecule has 13 heteroatoms. The van der Waals surface area contributed by atoms with Gasteiger partial charge in [0, 0.05) is 54.5 Å². The van der Waals surface area contributed by atoms with Crippen molar-refractivity contribution >= 4 is 22.3 Å². The molecule has 35 heavy (non-hydrogen) atoms. The van der Waals surface area contributed by atoms with E-state index >= 15 is 0 Å². The third kappa shape index (κ3) is 4.38. The Balaban J connectivity index is 1.21. The minimum atomic E-state index is -0.393. The highest BCUT2D eigenvalue weighted by atomic mass is 16.5. The number of imidazole rings is 2. The maximum atomic E-state index is 12.5. The predicted molar refractivity (Wildman–Crippen MR) is 130 cm³/mol. The summed E-state index contributed by atoms with van der Waals surface area (Å²) in [5.41, 5.74) is 0.158. The van der Waals surface area contributed by atoms with Crippen molar-refractivity contribution in [3.63, 3.8) is 0 Å². The van der Waals surface area contributed by atoms with Crippen LogP contribution in [-0.2, 0) is 46.0 Å². The summed E-state index contributed by atoms with van der Waals surface area (Å²) in [5, 5.41) is 0. The summed E-state index contributed by atoms with van der Waals surface area (Å²) in [6, 6.07) is 0. The largest absolute Gasteiger partial charge is 0.381 e. The average molecular weight is 487 g/mol. The van der Waals surface area contributed by atoms with E-state index in [1.165, 1.54) is 23.2 Å². The summed E-state index contributed by atoms with van der Waals surface area (Å²) in [5.74, 6) is 0. The molecule has 4 heterocycles. The van der Waals surface area contributed by atoms with Crippen LogP contribution in [0.15, 0.2) is 31.8 Å². The van der Waals surface area contributed by atoms with Gasteiger partial charge >= 0.3 is 11.4 Å². The van der Waals surface area contributed by atoms with Crippen LogP contribution in [0.1, 0.15) is 25.7 Å². The smallest absolute Gasteiger partial charge is 0.332 e. The molecule has 0 spiro atoms. The molecule has 0 fully saturated rings. The zero-order valence-electron chi connectivity index (χ0n) is 20.4. The molecule has 0 N–H and O–H groups in total. The molecule has 0 atom stereocenters. The van der Waals surface area contributed by atoms with Crippen LogP contribution in [0.2, 0.25) is 0 Å². The summed E-state index contributed by atoms with van der Waals surface area (Å²) in [6.45, 7) is 2.41. The van der Waals surface area contributed by atoms with E-state index in [4.69, 9.17) is 4.74 Å². The Morgan fingerprint density at radius 3 is 1.43 bits per heavy atom. The number of fused-ring (bicyclic) bond motifs is 2. The van der Waals surface area contributed by atoms with Crippen molar-refractivity contribution in [1.29, 1.82) is 0 Å². The second-order valence-corrected chi connectivity index (χ2v) is 8.66. The first kappa shape index (κ1) is 24.4. The van der Waals surface area contributed by atoms with Gasteiger partial charge in [-0.25, -0.2) is 19.6 Å². The average Bonchev–Trinajstić information content (AvgIpc) is 3.47. The molecule has 0 aliphatic carbocycles. The highest BCUT2D eigenvalue weighted by molar-refractivity contribution is 5.70. The zero-order chi connectivity index (χ0) is 25.3. The van der Waals surface area contributed by atoms with Crippen molar-refractivity contribution in [2.75, 3.05) is 13.2 Å². The van der Waals surface area contributed by atoms with Gasteiger partial charge in [-0.1, -0.05) is 0 Å². The SMILES string of the molecule is Cn1c(=O)c2c(ncn2CCCCOCCCCn2cnc3c2c(=O)n(C)c(=O)n3C)n(C)c1=O. The molecule has 0 aliphatic rings. The first-order chi connectivity index (χ1) is 16.7. The highest BCUT2D eigenvalue weighted by Gasteiger charge is 2.15. The number of unbranched alkanes of at least 4 members (excludes halogenated alkanes) is 2. The topological polar surface area (TPSA) is 133 Å². The Kier molecular flexibility index (Phi) is 6.87. The van der Waals surface area contributed by atoms with E-state index in [0.29, 0.717) is 48.6 Å². The van der Waals surface area contributed by atoms with Crippen molar-refractivity contribution in [3.05, 3.63) is 54.3 Å². The Morgan fingerprint density at radius 1 is 0.629 bits per heavy atom. The number of aryl methyl sites for hydroxylation is 4. The standard InChI is InChI=1S/C22H30N8O5/c1-25-17-15(19(31)27(3)21(25)33)29(13-23-17)9-5-7-11-35-12-8-6-10-30-14-24-18-16(30)20(32)28(4)22(34)26(18)2/h13-14H,5-12H2,1-4H3. The maximum absolute atomic E-state index is 12.5. The van der Waals surface area contributed by atoms with E-state index in [9.17, 15) is 19.2 Å². The minimum Gasteiger partial charge on any atom is -0.381 e. The predicted octanol–water partition coefficient (Wildman–Crippen LogP) is -0.542. The normalized spacial score (nSPS) is 11.8. The monoisotopic (exact) mass is 486 g/mol. The molecule has 0 bridgehead atoms. The summed E-state index contributed by atoms with van der Waals surface area (Å²) in [4.78, 5) is 57.4. The van der Waals surface area contributed by atoms with Crippen molar-refractivity contribution in [2.24, 2.45) is 28.2 Å². The van der Waals surface area contributed by atoms with Gasteiger partial charge in [-0.05, 0) is 25.7 Å². The Morgan fingerprint density at radius 2 is 1.03 bits per heavy atom. The molecule has 0 radical (unpaired) electrons. The molecule has 0 amide bonds. The number of aromatic nitrogens is 8. The van der Waals surface area contributed by atoms with E-state index in [-0.39, 0.29) is 11.1 Å². The highest BCUT2D eigenvalue weighted by Crippen LogP contribution is 2.09. The fourth-order valence-electron chi connectivity index (χ4n) is 4.21. The molecule has 4 aromatic rings. The maximum Gasteiger partial charge on any atom is 0.332 e. The van der Waals surface area contributed by atoms with Gasteiger partial charge in [0.25, 0.3) is 11.1 Å². The molecule has 0 aliphatic heterocycles. The molecular formula is C22H30N8O5. The Hall–Kier alpha value is -3.74. The molecule has 4 aromatic heterocycles. The lowest BCUT2D eigenvalue weighted by molar-refractivity contribution is 0.125. The molecule has 0 aromatic carbocycles. The van der Waals surface area contributed by atoms with Crippen LogP contribution in [0, 0.1) is 0 Å². The van der Waals surface area contributed by atoms with Gasteiger partial charge in [-0.2, -0.15) is 0 Å². The van der Waals surface area contributed by atoms with Gasteiger partial charge in [0.2, 0.25) is 0 Å². The van der Waals surface area contributed by atoms with Crippen molar-refractivity contribution in [3.8, 4) is 0 Å². The molecule has 4 rings (SSSR count). The van der Waals surface area contributed by atoms with E-state index in [1.807, 2.05) is 0 Å². The molecule has 0 saturated carbocycles. The van der Waals surface area contributed by atoms with E-state index in [1.54, 1.807) is 35.9 Å². The second-order valence-electron chi connectivity index (χ2n) is 8.66. The van der Waals surface area contributed by atoms with Gasteiger partial charge in [0.15, 0.2) is 22.3 Å². The van der Waals surface area contributed by atoms with Crippen LogP contribution in [0.5, 0.6) is 0 Å². The third-order valence-corrected chi connectivity index (χ3v) is 6.31.